The average Bonchev–Trinajstić information content (AvgIpc) is 2.65. The van der Waals surface area contributed by atoms with Crippen LogP contribution in [0.2, 0.25) is 0 Å². The highest BCUT2D eigenvalue weighted by molar-refractivity contribution is 9.10. The molecule has 1 heterocycles. The quantitative estimate of drug-likeness (QED) is 0.871. The molecule has 98 valence electrons. The summed E-state index contributed by atoms with van der Waals surface area (Å²) in [7, 11) is 0. The number of benzene rings is 1. The van der Waals surface area contributed by atoms with Gasteiger partial charge < -0.3 is 9.73 Å². The molecule has 18 heavy (non-hydrogen) atoms. The maximum atomic E-state index is 6.03. The first-order valence-corrected chi connectivity index (χ1v) is 7.26. The highest BCUT2D eigenvalue weighted by Gasteiger charge is 2.17. The molecule has 2 nitrogen and oxygen atoms in total. The zero-order valence-electron chi connectivity index (χ0n) is 11.4. The van der Waals surface area contributed by atoms with Gasteiger partial charge in [-0.3, -0.25) is 0 Å². The van der Waals surface area contributed by atoms with Crippen LogP contribution in [0.3, 0.4) is 0 Å². The highest BCUT2D eigenvalue weighted by atomic mass is 79.9. The summed E-state index contributed by atoms with van der Waals surface area (Å²) in [6.45, 7) is 9.58. The largest absolute Gasteiger partial charge is 0.458 e. The molecule has 1 atom stereocenters. The maximum absolute atomic E-state index is 6.03. The molecule has 0 radical (unpaired) electrons. The van der Waals surface area contributed by atoms with Gasteiger partial charge in [0.15, 0.2) is 0 Å². The van der Waals surface area contributed by atoms with Crippen molar-refractivity contribution >= 4 is 26.9 Å². The van der Waals surface area contributed by atoms with Gasteiger partial charge in [0.2, 0.25) is 0 Å². The van der Waals surface area contributed by atoms with E-state index in [0.717, 1.165) is 28.8 Å². The smallest absolute Gasteiger partial charge is 0.148 e. The van der Waals surface area contributed by atoms with Gasteiger partial charge in [0, 0.05) is 10.9 Å². The molecule has 3 heteroatoms. The Balaban J connectivity index is 2.47. The van der Waals surface area contributed by atoms with Crippen molar-refractivity contribution in [3.8, 4) is 0 Å². The molecule has 2 rings (SSSR count). The molecule has 0 spiro atoms. The van der Waals surface area contributed by atoms with Gasteiger partial charge in [0.25, 0.3) is 0 Å². The summed E-state index contributed by atoms with van der Waals surface area (Å²) in [5.74, 6) is 1.05. The minimum absolute atomic E-state index is 0.254. The van der Waals surface area contributed by atoms with E-state index in [1.54, 1.807) is 0 Å². The molecular weight excluding hydrogens is 290 g/mol. The lowest BCUT2D eigenvalue weighted by molar-refractivity contribution is 0.448. The van der Waals surface area contributed by atoms with Crippen molar-refractivity contribution in [2.75, 3.05) is 6.54 Å². The third-order valence-electron chi connectivity index (χ3n) is 3.27. The number of nitrogens with one attached hydrogen (secondary N) is 1. The first kappa shape index (κ1) is 13.6. The van der Waals surface area contributed by atoms with E-state index in [1.165, 1.54) is 16.5 Å². The fraction of sp³-hybridized carbons (Fsp3) is 0.467. The summed E-state index contributed by atoms with van der Waals surface area (Å²) in [4.78, 5) is 0. The monoisotopic (exact) mass is 309 g/mol. The number of fused-ring (bicyclic) bond motifs is 1. The van der Waals surface area contributed by atoms with Crippen molar-refractivity contribution in [2.24, 2.45) is 0 Å². The second kappa shape index (κ2) is 5.45. The van der Waals surface area contributed by atoms with Crippen molar-refractivity contribution in [3.63, 3.8) is 0 Å². The van der Waals surface area contributed by atoms with E-state index >= 15 is 0 Å². The predicted octanol–water partition coefficient (Wildman–Crippen LogP) is 4.87. The second-order valence-electron chi connectivity index (χ2n) is 4.89. The van der Waals surface area contributed by atoms with E-state index in [-0.39, 0.29) is 6.04 Å². The van der Waals surface area contributed by atoms with E-state index in [9.17, 15) is 0 Å². The summed E-state index contributed by atoms with van der Waals surface area (Å²) < 4.78 is 7.07. The van der Waals surface area contributed by atoms with Crippen LogP contribution in [0, 0.1) is 13.8 Å². The summed E-state index contributed by atoms with van der Waals surface area (Å²) in [5, 5.41) is 4.69. The Bertz CT molecular complexity index is 559. The minimum Gasteiger partial charge on any atom is -0.458 e. The lowest BCUT2D eigenvalue weighted by Crippen LogP contribution is -2.19. The van der Waals surface area contributed by atoms with Gasteiger partial charge in [0.1, 0.15) is 11.3 Å². The zero-order valence-corrected chi connectivity index (χ0v) is 13.0. The number of hydrogen-bond donors (Lipinski definition) is 1. The molecule has 0 aliphatic heterocycles. The SMILES string of the molecule is CCCNC(C)c1oc2c(Br)cc(C)cc2c1C. The molecule has 0 aliphatic rings. The van der Waals surface area contributed by atoms with Crippen LogP contribution in [0.4, 0.5) is 0 Å². The molecule has 0 fully saturated rings. The van der Waals surface area contributed by atoms with Gasteiger partial charge in [-0.05, 0) is 67.4 Å². The van der Waals surface area contributed by atoms with Gasteiger partial charge in [-0.1, -0.05) is 6.92 Å². The number of rotatable bonds is 4. The van der Waals surface area contributed by atoms with E-state index in [1.807, 2.05) is 0 Å². The van der Waals surface area contributed by atoms with Crippen LogP contribution in [0.25, 0.3) is 11.0 Å². The summed E-state index contributed by atoms with van der Waals surface area (Å²) in [5.41, 5.74) is 3.45. The highest BCUT2D eigenvalue weighted by Crippen LogP contribution is 2.34. The Morgan fingerprint density at radius 2 is 2.06 bits per heavy atom. The molecule has 1 aromatic carbocycles. The number of halogens is 1. The van der Waals surface area contributed by atoms with Crippen LogP contribution < -0.4 is 5.32 Å². The number of hydrogen-bond acceptors (Lipinski definition) is 2. The Morgan fingerprint density at radius 3 is 2.72 bits per heavy atom. The first-order chi connectivity index (χ1) is 8.54. The van der Waals surface area contributed by atoms with Crippen molar-refractivity contribution < 1.29 is 4.42 Å². The van der Waals surface area contributed by atoms with Crippen molar-refractivity contribution in [1.82, 2.24) is 5.32 Å². The van der Waals surface area contributed by atoms with Crippen molar-refractivity contribution in [3.05, 3.63) is 33.5 Å². The van der Waals surface area contributed by atoms with Gasteiger partial charge in [-0.25, -0.2) is 0 Å². The predicted molar refractivity (Wildman–Crippen MR) is 80.1 cm³/mol. The summed E-state index contributed by atoms with van der Waals surface area (Å²) in [6, 6.07) is 4.54. The first-order valence-electron chi connectivity index (χ1n) is 6.47. The van der Waals surface area contributed by atoms with Gasteiger partial charge in [-0.15, -0.1) is 0 Å². The van der Waals surface area contributed by atoms with Crippen LogP contribution in [0.1, 0.15) is 43.2 Å². The van der Waals surface area contributed by atoms with E-state index in [0.29, 0.717) is 0 Å². The Kier molecular flexibility index (Phi) is 4.13. The minimum atomic E-state index is 0.254. The molecule has 2 aromatic rings. The lowest BCUT2D eigenvalue weighted by atomic mass is 10.1. The number of furan rings is 1. The van der Waals surface area contributed by atoms with E-state index < -0.39 is 0 Å². The zero-order chi connectivity index (χ0) is 13.3. The number of aryl methyl sites for hydroxylation is 2. The fourth-order valence-corrected chi connectivity index (χ4v) is 2.95. The molecule has 0 amide bonds. The molecule has 1 unspecified atom stereocenters. The van der Waals surface area contributed by atoms with Crippen molar-refractivity contribution in [1.29, 1.82) is 0 Å². The van der Waals surface area contributed by atoms with Gasteiger partial charge >= 0.3 is 0 Å². The van der Waals surface area contributed by atoms with E-state index in [4.69, 9.17) is 4.42 Å². The summed E-state index contributed by atoms with van der Waals surface area (Å²) in [6.07, 6.45) is 1.13. The average molecular weight is 310 g/mol. The van der Waals surface area contributed by atoms with Crippen LogP contribution in [-0.4, -0.2) is 6.54 Å². The lowest BCUT2D eigenvalue weighted by Gasteiger charge is -2.11. The second-order valence-corrected chi connectivity index (χ2v) is 5.74. The summed E-state index contributed by atoms with van der Waals surface area (Å²) >= 11 is 3.58. The Morgan fingerprint density at radius 1 is 1.33 bits per heavy atom. The molecule has 0 saturated carbocycles. The van der Waals surface area contributed by atoms with Crippen LogP contribution in [-0.2, 0) is 0 Å². The molecule has 1 aromatic heterocycles. The topological polar surface area (TPSA) is 25.2 Å². The third kappa shape index (κ3) is 2.47. The van der Waals surface area contributed by atoms with E-state index in [2.05, 4.69) is 61.1 Å². The molecule has 0 aliphatic carbocycles. The third-order valence-corrected chi connectivity index (χ3v) is 3.86. The molecule has 1 N–H and O–H groups in total. The Labute approximate surface area is 117 Å². The van der Waals surface area contributed by atoms with Crippen molar-refractivity contribution in [2.45, 2.75) is 40.2 Å². The molecule has 0 bridgehead atoms. The molecule has 0 saturated heterocycles. The van der Waals surface area contributed by atoms with Crippen LogP contribution in [0.15, 0.2) is 21.0 Å². The normalized spacial score (nSPS) is 13.2. The molecular formula is C15H20BrNO. The Hall–Kier alpha value is -0.800. The fourth-order valence-electron chi connectivity index (χ4n) is 2.30. The maximum Gasteiger partial charge on any atom is 0.148 e. The standard InChI is InChI=1S/C15H20BrNO/c1-5-6-17-11(4)14-10(3)12-7-9(2)8-13(16)15(12)18-14/h7-8,11,17H,5-6H2,1-4H3. The van der Waals surface area contributed by atoms with Gasteiger partial charge in [-0.2, -0.15) is 0 Å². The van der Waals surface area contributed by atoms with Crippen LogP contribution in [0.5, 0.6) is 0 Å². The van der Waals surface area contributed by atoms with Gasteiger partial charge in [0.05, 0.1) is 10.5 Å². The van der Waals surface area contributed by atoms with Crippen LogP contribution >= 0.6 is 15.9 Å².